The lowest BCUT2D eigenvalue weighted by Crippen LogP contribution is -1.99. The number of aromatic amines is 1. The molecule has 0 radical (unpaired) electrons. The minimum Gasteiger partial charge on any atom is -0.481 e. The summed E-state index contributed by atoms with van der Waals surface area (Å²) in [7, 11) is 0. The molecule has 5 heteroatoms. The number of aromatic nitrogens is 2. The summed E-state index contributed by atoms with van der Waals surface area (Å²) in [5.74, 6) is -0.850. The third-order valence-corrected chi connectivity index (χ3v) is 2.58. The van der Waals surface area contributed by atoms with Crippen LogP contribution >= 0.6 is 11.3 Å². The second-order valence-electron chi connectivity index (χ2n) is 2.78. The van der Waals surface area contributed by atoms with Crippen LogP contribution in [-0.2, 0) is 11.2 Å². The van der Waals surface area contributed by atoms with Crippen LogP contribution in [0, 0.1) is 0 Å². The zero-order chi connectivity index (χ0) is 9.97. The number of nitrogens with zero attached hydrogens (tertiary/aromatic N) is 1. The number of rotatable bonds is 3. The quantitative estimate of drug-likeness (QED) is 0.807. The number of thiazole rings is 1. The maximum absolute atomic E-state index is 10.4. The second-order valence-corrected chi connectivity index (χ2v) is 3.72. The number of hydrogen-bond acceptors (Lipinski definition) is 3. The molecule has 0 fully saturated rings. The first-order valence-corrected chi connectivity index (χ1v) is 4.93. The van der Waals surface area contributed by atoms with E-state index in [-0.39, 0.29) is 6.42 Å². The Morgan fingerprint density at radius 1 is 1.64 bits per heavy atom. The highest BCUT2D eigenvalue weighted by atomic mass is 32.1. The minimum absolute atomic E-state index is 0.00856. The molecule has 2 rings (SSSR count). The minimum atomic E-state index is -0.850. The zero-order valence-electron chi connectivity index (χ0n) is 7.23. The van der Waals surface area contributed by atoms with Crippen molar-refractivity contribution in [1.82, 2.24) is 9.97 Å². The SMILES string of the molecule is O=C(O)Cc1nc(-c2ccc[nH]2)cs1. The number of nitrogens with one attached hydrogen (secondary N) is 1. The van der Waals surface area contributed by atoms with E-state index in [9.17, 15) is 4.79 Å². The predicted molar refractivity (Wildman–Crippen MR) is 53.2 cm³/mol. The van der Waals surface area contributed by atoms with Gasteiger partial charge in [0.15, 0.2) is 0 Å². The molecule has 2 N–H and O–H groups in total. The Bertz CT molecular complexity index is 433. The number of hydrogen-bond donors (Lipinski definition) is 2. The molecule has 0 saturated heterocycles. The Morgan fingerprint density at radius 2 is 2.50 bits per heavy atom. The van der Waals surface area contributed by atoms with Crippen molar-refractivity contribution < 1.29 is 9.90 Å². The van der Waals surface area contributed by atoms with Crippen LogP contribution in [0.25, 0.3) is 11.4 Å². The summed E-state index contributed by atoms with van der Waals surface area (Å²) in [5, 5.41) is 11.0. The van der Waals surface area contributed by atoms with Crippen LogP contribution in [-0.4, -0.2) is 21.0 Å². The lowest BCUT2D eigenvalue weighted by atomic mass is 10.3. The van der Waals surface area contributed by atoms with Crippen molar-refractivity contribution in [1.29, 1.82) is 0 Å². The number of aliphatic carboxylic acids is 1. The van der Waals surface area contributed by atoms with E-state index in [2.05, 4.69) is 9.97 Å². The van der Waals surface area contributed by atoms with Crippen LogP contribution in [0.5, 0.6) is 0 Å². The van der Waals surface area contributed by atoms with E-state index in [0.29, 0.717) is 5.01 Å². The first-order valence-electron chi connectivity index (χ1n) is 4.05. The van der Waals surface area contributed by atoms with Gasteiger partial charge in [-0.25, -0.2) is 4.98 Å². The largest absolute Gasteiger partial charge is 0.481 e. The molecule has 2 heterocycles. The molecular formula is C9H8N2O2S. The van der Waals surface area contributed by atoms with Crippen molar-refractivity contribution >= 4 is 17.3 Å². The van der Waals surface area contributed by atoms with E-state index in [1.165, 1.54) is 11.3 Å². The molecule has 4 nitrogen and oxygen atoms in total. The molecule has 0 spiro atoms. The first-order chi connectivity index (χ1) is 6.75. The molecule has 0 bridgehead atoms. The highest BCUT2D eigenvalue weighted by Crippen LogP contribution is 2.20. The van der Waals surface area contributed by atoms with E-state index in [1.807, 2.05) is 23.7 Å². The molecule has 0 unspecified atom stereocenters. The highest BCUT2D eigenvalue weighted by Gasteiger charge is 2.07. The van der Waals surface area contributed by atoms with Gasteiger partial charge in [0, 0.05) is 11.6 Å². The molecular weight excluding hydrogens is 200 g/mol. The summed E-state index contributed by atoms with van der Waals surface area (Å²) < 4.78 is 0. The van der Waals surface area contributed by atoms with Gasteiger partial charge in [0.2, 0.25) is 0 Å². The smallest absolute Gasteiger partial charge is 0.310 e. The fourth-order valence-electron chi connectivity index (χ4n) is 1.13. The Balaban J connectivity index is 2.22. The van der Waals surface area contributed by atoms with E-state index < -0.39 is 5.97 Å². The molecule has 2 aromatic heterocycles. The Kier molecular flexibility index (Phi) is 2.32. The summed E-state index contributed by atoms with van der Waals surface area (Å²) in [6.45, 7) is 0. The number of H-pyrrole nitrogens is 1. The van der Waals surface area contributed by atoms with Crippen LogP contribution in [0.4, 0.5) is 0 Å². The maximum Gasteiger partial charge on any atom is 0.310 e. The van der Waals surface area contributed by atoms with Gasteiger partial charge in [-0.1, -0.05) is 0 Å². The summed E-state index contributed by atoms with van der Waals surface area (Å²) in [6.07, 6.45) is 1.80. The van der Waals surface area contributed by atoms with Crippen molar-refractivity contribution in [2.24, 2.45) is 0 Å². The third-order valence-electron chi connectivity index (χ3n) is 1.73. The van der Waals surface area contributed by atoms with Crippen LogP contribution in [0.3, 0.4) is 0 Å². The van der Waals surface area contributed by atoms with E-state index in [1.54, 1.807) is 0 Å². The molecule has 14 heavy (non-hydrogen) atoms. The lowest BCUT2D eigenvalue weighted by molar-refractivity contribution is -0.136. The van der Waals surface area contributed by atoms with Crippen LogP contribution < -0.4 is 0 Å². The van der Waals surface area contributed by atoms with Crippen LogP contribution in [0.15, 0.2) is 23.7 Å². The second kappa shape index (κ2) is 3.63. The van der Waals surface area contributed by atoms with E-state index in [4.69, 9.17) is 5.11 Å². The molecule has 0 aromatic carbocycles. The summed E-state index contributed by atoms with van der Waals surface area (Å²) >= 11 is 1.36. The number of carboxylic acids is 1. The molecule has 0 atom stereocenters. The van der Waals surface area contributed by atoms with Crippen molar-refractivity contribution in [3.63, 3.8) is 0 Å². The third kappa shape index (κ3) is 1.82. The molecule has 0 saturated carbocycles. The van der Waals surface area contributed by atoms with E-state index in [0.717, 1.165) is 11.4 Å². The molecule has 0 aliphatic carbocycles. The lowest BCUT2D eigenvalue weighted by Gasteiger charge is -1.89. The molecule has 0 aliphatic heterocycles. The topological polar surface area (TPSA) is 66.0 Å². The van der Waals surface area contributed by atoms with Gasteiger partial charge in [0.1, 0.15) is 5.01 Å². The van der Waals surface area contributed by atoms with Gasteiger partial charge in [0.05, 0.1) is 17.8 Å². The fourth-order valence-corrected chi connectivity index (χ4v) is 1.92. The summed E-state index contributed by atoms with van der Waals surface area (Å²) in [6, 6.07) is 3.78. The van der Waals surface area contributed by atoms with Gasteiger partial charge >= 0.3 is 5.97 Å². The van der Waals surface area contributed by atoms with Crippen molar-refractivity contribution in [2.45, 2.75) is 6.42 Å². The summed E-state index contributed by atoms with van der Waals surface area (Å²) in [5.41, 5.74) is 1.72. The van der Waals surface area contributed by atoms with Crippen LogP contribution in [0.2, 0.25) is 0 Å². The van der Waals surface area contributed by atoms with E-state index >= 15 is 0 Å². The van der Waals surface area contributed by atoms with Gasteiger partial charge in [0.25, 0.3) is 0 Å². The number of carboxylic acid groups (broad SMARTS) is 1. The molecule has 0 amide bonds. The molecule has 0 aliphatic rings. The van der Waals surface area contributed by atoms with Gasteiger partial charge in [-0.15, -0.1) is 11.3 Å². The Morgan fingerprint density at radius 3 is 3.14 bits per heavy atom. The predicted octanol–water partition coefficient (Wildman–Crippen LogP) is 1.77. The average molecular weight is 208 g/mol. The van der Waals surface area contributed by atoms with Gasteiger partial charge < -0.3 is 10.1 Å². The van der Waals surface area contributed by atoms with Crippen molar-refractivity contribution in [2.75, 3.05) is 0 Å². The molecule has 2 aromatic rings. The van der Waals surface area contributed by atoms with Crippen molar-refractivity contribution in [3.8, 4) is 11.4 Å². The Labute approximate surface area is 84.2 Å². The number of carbonyl (C=O) groups is 1. The van der Waals surface area contributed by atoms with Gasteiger partial charge in [-0.2, -0.15) is 0 Å². The first kappa shape index (κ1) is 8.96. The van der Waals surface area contributed by atoms with Crippen LogP contribution in [0.1, 0.15) is 5.01 Å². The normalized spacial score (nSPS) is 10.3. The fraction of sp³-hybridized carbons (Fsp3) is 0.111. The average Bonchev–Trinajstić information content (AvgIpc) is 2.69. The standard InChI is InChI=1S/C9H8N2O2S/c12-9(13)4-8-11-7(5-14-8)6-2-1-3-10-6/h1-3,5,10H,4H2,(H,12,13). The van der Waals surface area contributed by atoms with Gasteiger partial charge in [-0.05, 0) is 12.1 Å². The summed E-state index contributed by atoms with van der Waals surface area (Å²) in [4.78, 5) is 17.6. The Hall–Kier alpha value is -1.62. The van der Waals surface area contributed by atoms with Crippen molar-refractivity contribution in [3.05, 3.63) is 28.7 Å². The zero-order valence-corrected chi connectivity index (χ0v) is 8.04. The van der Waals surface area contributed by atoms with Gasteiger partial charge in [-0.3, -0.25) is 4.79 Å². The molecule has 72 valence electrons. The monoisotopic (exact) mass is 208 g/mol. The maximum atomic E-state index is 10.4. The highest BCUT2D eigenvalue weighted by molar-refractivity contribution is 7.10.